The molecule has 1 aromatic heterocycles. The highest BCUT2D eigenvalue weighted by Crippen LogP contribution is 2.34. The molecule has 2 heterocycles. The second kappa shape index (κ2) is 6.19. The summed E-state index contributed by atoms with van der Waals surface area (Å²) in [5, 5.41) is 0. The van der Waals surface area contributed by atoms with Gasteiger partial charge in [-0.3, -0.25) is 4.57 Å². The van der Waals surface area contributed by atoms with Crippen molar-refractivity contribution in [1.82, 2.24) is 4.57 Å². The van der Waals surface area contributed by atoms with Gasteiger partial charge in [-0.25, -0.2) is 4.79 Å². The van der Waals surface area contributed by atoms with Gasteiger partial charge < -0.3 is 9.32 Å². The van der Waals surface area contributed by atoms with Crippen LogP contribution >= 0.6 is 0 Å². The third kappa shape index (κ3) is 2.62. The van der Waals surface area contributed by atoms with Crippen molar-refractivity contribution in [3.63, 3.8) is 0 Å². The van der Waals surface area contributed by atoms with E-state index in [9.17, 15) is 4.79 Å². The lowest BCUT2D eigenvalue weighted by Crippen LogP contribution is -2.32. The number of para-hydroxylation sites is 3. The molecule has 1 atom stereocenters. The van der Waals surface area contributed by atoms with Crippen molar-refractivity contribution in [2.75, 3.05) is 18.0 Å². The summed E-state index contributed by atoms with van der Waals surface area (Å²) in [5.41, 5.74) is 4.34. The van der Waals surface area contributed by atoms with E-state index in [1.807, 2.05) is 24.3 Å². The maximum absolute atomic E-state index is 12.0. The third-order valence-electron chi connectivity index (χ3n) is 5.02. The van der Waals surface area contributed by atoms with Crippen LogP contribution in [0.2, 0.25) is 0 Å². The van der Waals surface area contributed by atoms with Crippen LogP contribution in [0.4, 0.5) is 5.69 Å². The molecule has 4 heteroatoms. The van der Waals surface area contributed by atoms with Gasteiger partial charge in [0.15, 0.2) is 5.58 Å². The molecule has 0 N–H and O–H groups in total. The second-order valence-electron chi connectivity index (χ2n) is 6.58. The summed E-state index contributed by atoms with van der Waals surface area (Å²) in [4.78, 5) is 14.5. The van der Waals surface area contributed by atoms with Crippen LogP contribution in [0.25, 0.3) is 11.1 Å². The zero-order valence-electron chi connectivity index (χ0n) is 13.9. The SMILES string of the molecule is CC1CCN(CCCn2c(=O)oc3ccccc32)c2ccccc21. The highest BCUT2D eigenvalue weighted by molar-refractivity contribution is 5.72. The number of fused-ring (bicyclic) bond motifs is 2. The summed E-state index contributed by atoms with van der Waals surface area (Å²) in [6.45, 7) is 5.02. The predicted octanol–water partition coefficient (Wildman–Crippen LogP) is 4.00. The first-order chi connectivity index (χ1) is 11.7. The predicted molar refractivity (Wildman–Crippen MR) is 96.8 cm³/mol. The normalized spacial score (nSPS) is 17.2. The maximum atomic E-state index is 12.0. The van der Waals surface area contributed by atoms with Gasteiger partial charge in [0.1, 0.15) is 0 Å². The highest BCUT2D eigenvalue weighted by atomic mass is 16.4. The Morgan fingerprint density at radius 2 is 1.88 bits per heavy atom. The van der Waals surface area contributed by atoms with E-state index < -0.39 is 0 Å². The lowest BCUT2D eigenvalue weighted by molar-refractivity contribution is 0.493. The molecule has 124 valence electrons. The number of rotatable bonds is 4. The topological polar surface area (TPSA) is 38.4 Å². The van der Waals surface area contributed by atoms with E-state index in [1.54, 1.807) is 4.57 Å². The van der Waals surface area contributed by atoms with Gasteiger partial charge in [-0.05, 0) is 42.5 Å². The first-order valence-corrected chi connectivity index (χ1v) is 8.66. The first kappa shape index (κ1) is 15.1. The summed E-state index contributed by atoms with van der Waals surface area (Å²) >= 11 is 0. The number of aryl methyl sites for hydroxylation is 1. The molecule has 0 fully saturated rings. The van der Waals surface area contributed by atoms with Crippen molar-refractivity contribution >= 4 is 16.8 Å². The Morgan fingerprint density at radius 1 is 1.08 bits per heavy atom. The molecule has 3 aromatic rings. The molecule has 0 saturated carbocycles. The van der Waals surface area contributed by atoms with Crippen LogP contribution < -0.4 is 10.7 Å². The summed E-state index contributed by atoms with van der Waals surface area (Å²) in [6.07, 6.45) is 2.11. The van der Waals surface area contributed by atoms with Gasteiger partial charge in [0.25, 0.3) is 0 Å². The molecule has 2 aromatic carbocycles. The van der Waals surface area contributed by atoms with Gasteiger partial charge in [0.05, 0.1) is 5.52 Å². The minimum atomic E-state index is -0.260. The average Bonchev–Trinajstić information content (AvgIpc) is 2.93. The lowest BCUT2D eigenvalue weighted by Gasteiger charge is -2.34. The third-order valence-corrected chi connectivity index (χ3v) is 5.02. The van der Waals surface area contributed by atoms with Crippen LogP contribution in [0.15, 0.2) is 57.7 Å². The van der Waals surface area contributed by atoms with Gasteiger partial charge in [0.2, 0.25) is 0 Å². The van der Waals surface area contributed by atoms with E-state index in [-0.39, 0.29) is 5.76 Å². The molecule has 1 unspecified atom stereocenters. The zero-order valence-corrected chi connectivity index (χ0v) is 13.9. The minimum absolute atomic E-state index is 0.260. The first-order valence-electron chi connectivity index (χ1n) is 8.66. The number of nitrogens with zero attached hydrogens (tertiary/aromatic N) is 2. The van der Waals surface area contributed by atoms with Crippen molar-refractivity contribution in [2.24, 2.45) is 0 Å². The Bertz CT molecular complexity index is 909. The fourth-order valence-corrected chi connectivity index (χ4v) is 3.70. The molecule has 0 saturated heterocycles. The Morgan fingerprint density at radius 3 is 2.79 bits per heavy atom. The molecule has 24 heavy (non-hydrogen) atoms. The zero-order chi connectivity index (χ0) is 16.5. The van der Waals surface area contributed by atoms with E-state index in [0.717, 1.165) is 25.0 Å². The molecule has 4 rings (SSSR count). The number of oxazole rings is 1. The summed E-state index contributed by atoms with van der Waals surface area (Å²) in [6, 6.07) is 16.3. The van der Waals surface area contributed by atoms with Gasteiger partial charge >= 0.3 is 5.76 Å². The van der Waals surface area contributed by atoms with E-state index in [2.05, 4.69) is 36.1 Å². The highest BCUT2D eigenvalue weighted by Gasteiger charge is 2.21. The van der Waals surface area contributed by atoms with Crippen LogP contribution in [0.3, 0.4) is 0 Å². The fourth-order valence-electron chi connectivity index (χ4n) is 3.70. The monoisotopic (exact) mass is 322 g/mol. The molecule has 1 aliphatic heterocycles. The van der Waals surface area contributed by atoms with Gasteiger partial charge in [-0.2, -0.15) is 0 Å². The van der Waals surface area contributed by atoms with Crippen LogP contribution in [0.5, 0.6) is 0 Å². The fraction of sp³-hybridized carbons (Fsp3) is 0.350. The van der Waals surface area contributed by atoms with Crippen LogP contribution in [-0.4, -0.2) is 17.7 Å². The standard InChI is InChI=1S/C20H22N2O2/c1-15-11-14-21(17-8-3-2-7-16(15)17)12-6-13-22-18-9-4-5-10-19(18)24-20(22)23/h2-5,7-10,15H,6,11-14H2,1H3. The van der Waals surface area contributed by atoms with Crippen LogP contribution in [0.1, 0.15) is 31.2 Å². The lowest BCUT2D eigenvalue weighted by atomic mass is 9.91. The van der Waals surface area contributed by atoms with Crippen LogP contribution in [0, 0.1) is 0 Å². The summed E-state index contributed by atoms with van der Waals surface area (Å²) in [5.74, 6) is 0.363. The number of anilines is 1. The van der Waals surface area contributed by atoms with E-state index in [1.165, 1.54) is 17.7 Å². The van der Waals surface area contributed by atoms with Crippen LogP contribution in [-0.2, 0) is 6.54 Å². The Kier molecular flexibility index (Phi) is 3.89. The summed E-state index contributed by atoms with van der Waals surface area (Å²) in [7, 11) is 0. The Hall–Kier alpha value is -2.49. The number of benzene rings is 2. The number of aromatic nitrogens is 1. The van der Waals surface area contributed by atoms with Crippen molar-refractivity contribution in [1.29, 1.82) is 0 Å². The summed E-state index contributed by atoms with van der Waals surface area (Å²) < 4.78 is 7.05. The van der Waals surface area contributed by atoms with Crippen molar-refractivity contribution < 1.29 is 4.42 Å². The van der Waals surface area contributed by atoms with Gasteiger partial charge in [-0.1, -0.05) is 37.3 Å². The molecule has 0 bridgehead atoms. The smallest absolute Gasteiger partial charge is 0.408 e. The minimum Gasteiger partial charge on any atom is -0.408 e. The molecule has 0 amide bonds. The van der Waals surface area contributed by atoms with E-state index in [4.69, 9.17) is 4.42 Å². The largest absolute Gasteiger partial charge is 0.419 e. The maximum Gasteiger partial charge on any atom is 0.419 e. The Labute approximate surface area is 141 Å². The number of hydrogen-bond donors (Lipinski definition) is 0. The quantitative estimate of drug-likeness (QED) is 0.729. The molecular weight excluding hydrogens is 300 g/mol. The number of hydrogen-bond acceptors (Lipinski definition) is 3. The van der Waals surface area contributed by atoms with Crippen molar-refractivity contribution in [2.45, 2.75) is 32.2 Å². The molecule has 0 radical (unpaired) electrons. The molecule has 0 aliphatic carbocycles. The molecule has 4 nitrogen and oxygen atoms in total. The second-order valence-corrected chi connectivity index (χ2v) is 6.58. The average molecular weight is 322 g/mol. The molecular formula is C20H22N2O2. The van der Waals surface area contributed by atoms with Gasteiger partial charge in [-0.15, -0.1) is 0 Å². The van der Waals surface area contributed by atoms with Gasteiger partial charge in [0, 0.05) is 25.3 Å². The van der Waals surface area contributed by atoms with Crippen molar-refractivity contribution in [3.05, 3.63) is 64.6 Å². The van der Waals surface area contributed by atoms with E-state index >= 15 is 0 Å². The molecule has 1 aliphatic rings. The van der Waals surface area contributed by atoms with Crippen molar-refractivity contribution in [3.8, 4) is 0 Å². The van der Waals surface area contributed by atoms with E-state index in [0.29, 0.717) is 18.0 Å². The molecule has 0 spiro atoms. The Balaban J connectivity index is 1.49.